The van der Waals surface area contributed by atoms with Crippen LogP contribution in [-0.2, 0) is 14.3 Å². The summed E-state index contributed by atoms with van der Waals surface area (Å²) in [5.41, 5.74) is 8.09. The Hall–Kier alpha value is -6.42. The van der Waals surface area contributed by atoms with Gasteiger partial charge in [-0.25, -0.2) is 19.9 Å². The Morgan fingerprint density at radius 3 is 1.28 bits per heavy atom. The van der Waals surface area contributed by atoms with Gasteiger partial charge in [0.25, 0.3) is 0 Å². The Bertz CT molecular complexity index is 2230. The van der Waals surface area contributed by atoms with E-state index in [0.717, 1.165) is 83.3 Å². The minimum absolute atomic E-state index is 0.0178. The monoisotopic (exact) mass is 774 g/mol. The largest absolute Gasteiger partial charge is 0.481 e. The van der Waals surface area contributed by atoms with Crippen molar-refractivity contribution in [2.75, 3.05) is 17.2 Å². The molecule has 4 aromatic carbocycles. The number of hydrogen-bond acceptors (Lipinski definition) is 9. The molecule has 2 saturated carbocycles. The summed E-state index contributed by atoms with van der Waals surface area (Å²) in [5, 5.41) is 16.1. The summed E-state index contributed by atoms with van der Waals surface area (Å²) in [4.78, 5) is 42.0. The first-order chi connectivity index (χ1) is 28.4. The van der Waals surface area contributed by atoms with Crippen LogP contribution in [0, 0.1) is 11.8 Å². The normalized spacial score (nSPS) is 18.8. The van der Waals surface area contributed by atoms with Gasteiger partial charge in [-0.15, -0.1) is 0 Å². The van der Waals surface area contributed by atoms with Crippen LogP contribution in [0.1, 0.15) is 58.3 Å². The average Bonchev–Trinajstić information content (AvgIpc) is 3.28. The highest BCUT2D eigenvalue weighted by molar-refractivity contribution is 5.82. The van der Waals surface area contributed by atoms with E-state index in [1.54, 1.807) is 0 Å². The molecule has 3 N–H and O–H groups in total. The fourth-order valence-electron chi connectivity index (χ4n) is 7.78. The van der Waals surface area contributed by atoms with Gasteiger partial charge >= 0.3 is 11.9 Å². The lowest BCUT2D eigenvalue weighted by Crippen LogP contribution is -2.30. The second-order valence-corrected chi connectivity index (χ2v) is 14.9. The maximum Gasteiger partial charge on any atom is 0.308 e. The van der Waals surface area contributed by atoms with E-state index >= 15 is 0 Å². The molecule has 0 bridgehead atoms. The highest BCUT2D eigenvalue weighted by atomic mass is 16.5. The van der Waals surface area contributed by atoms with Crippen molar-refractivity contribution in [3.63, 3.8) is 0 Å². The fraction of sp³-hybridized carbons (Fsp3) is 0.292. The zero-order valence-electron chi connectivity index (χ0n) is 32.8. The molecule has 6 aromatic rings. The predicted octanol–water partition coefficient (Wildman–Crippen LogP) is 10.2. The maximum atomic E-state index is 12.0. The minimum Gasteiger partial charge on any atom is -0.481 e. The van der Waals surface area contributed by atoms with Crippen LogP contribution in [0.3, 0.4) is 0 Å². The van der Waals surface area contributed by atoms with Gasteiger partial charge in [-0.3, -0.25) is 9.59 Å². The number of anilines is 2. The molecular formula is C48H50N6O4. The molecule has 58 heavy (non-hydrogen) atoms. The van der Waals surface area contributed by atoms with Crippen LogP contribution < -0.4 is 10.6 Å². The lowest BCUT2D eigenvalue weighted by molar-refractivity contribution is -0.149. The van der Waals surface area contributed by atoms with Gasteiger partial charge in [-0.1, -0.05) is 121 Å². The topological polar surface area (TPSA) is 139 Å². The molecule has 2 fully saturated rings. The molecule has 0 saturated heterocycles. The number of carbonyl (C=O) groups excluding carboxylic acids is 1. The third-order valence-corrected chi connectivity index (χ3v) is 10.9. The highest BCUT2D eigenvalue weighted by Crippen LogP contribution is 2.34. The molecular weight excluding hydrogens is 725 g/mol. The van der Waals surface area contributed by atoms with Crippen molar-refractivity contribution in [2.24, 2.45) is 11.8 Å². The van der Waals surface area contributed by atoms with Crippen molar-refractivity contribution in [1.82, 2.24) is 19.9 Å². The fourth-order valence-corrected chi connectivity index (χ4v) is 7.78. The first-order valence-electron chi connectivity index (χ1n) is 20.3. The van der Waals surface area contributed by atoms with E-state index in [4.69, 9.17) is 14.7 Å². The molecule has 10 heteroatoms. The summed E-state index contributed by atoms with van der Waals surface area (Å²) in [6.45, 7) is 2.30. The third kappa shape index (κ3) is 10.3. The Morgan fingerprint density at radius 1 is 0.552 bits per heavy atom. The van der Waals surface area contributed by atoms with Crippen LogP contribution in [-0.4, -0.2) is 55.7 Å². The van der Waals surface area contributed by atoms with E-state index in [-0.39, 0.29) is 29.9 Å². The van der Waals surface area contributed by atoms with Gasteiger partial charge in [0.05, 0.1) is 29.8 Å². The van der Waals surface area contributed by atoms with Gasteiger partial charge in [-0.2, -0.15) is 0 Å². The molecule has 0 spiro atoms. The van der Waals surface area contributed by atoms with Crippen LogP contribution in [0.5, 0.6) is 0 Å². The first kappa shape index (κ1) is 39.8. The number of carboxylic acids is 1. The Kier molecular flexibility index (Phi) is 13.5. The lowest BCUT2D eigenvalue weighted by Gasteiger charge is -2.28. The molecule has 2 heterocycles. The number of rotatable bonds is 11. The van der Waals surface area contributed by atoms with Crippen LogP contribution >= 0.6 is 0 Å². The second kappa shape index (κ2) is 19.6. The third-order valence-electron chi connectivity index (χ3n) is 10.9. The Labute approximate surface area is 340 Å². The van der Waals surface area contributed by atoms with Gasteiger partial charge in [-0.05, 0) is 69.4 Å². The number of carbonyl (C=O) groups is 2. The molecule has 0 amide bonds. The number of aliphatic carboxylic acids is 1. The Morgan fingerprint density at radius 2 is 0.914 bits per heavy atom. The van der Waals surface area contributed by atoms with E-state index < -0.39 is 5.97 Å². The number of nitrogens with zero attached hydrogens (tertiary/aromatic N) is 4. The zero-order valence-corrected chi connectivity index (χ0v) is 32.8. The number of esters is 1. The average molecular weight is 775 g/mol. The van der Waals surface area contributed by atoms with Crippen molar-refractivity contribution in [3.8, 4) is 44.8 Å². The summed E-state index contributed by atoms with van der Waals surface area (Å²) in [5.74, 6) is 0.271. The van der Waals surface area contributed by atoms with Crippen LogP contribution in [0.2, 0.25) is 0 Å². The summed E-state index contributed by atoms with van der Waals surface area (Å²) in [6, 6.07) is 41.1. The summed E-state index contributed by atoms with van der Waals surface area (Å²) < 4.78 is 5.17. The standard InChI is InChI=1S/C25H27N3O2.C23H23N3O2/c1-2-30-24(29)20-13-15-21(16-14-20)27-25-26-17-22(18-9-5-3-6-10-18)23(28-25)19-11-7-4-8-12-19;27-22(28)18-11-13-19(14-12-18)25-23-24-15-20(16-7-3-1-4-8-16)21(26-23)17-9-5-2-6-10-17/h3-12,17,20-21H,2,13-16H2,1H3,(H,26,27,28);1-10,15,18-19H,11-14H2,(H,27,28)(H,24,25,26). The molecule has 10 nitrogen and oxygen atoms in total. The highest BCUT2D eigenvalue weighted by Gasteiger charge is 2.28. The number of hydrogen-bond donors (Lipinski definition) is 3. The molecule has 0 radical (unpaired) electrons. The van der Waals surface area contributed by atoms with E-state index in [9.17, 15) is 14.7 Å². The van der Waals surface area contributed by atoms with Crippen molar-refractivity contribution in [3.05, 3.63) is 134 Å². The van der Waals surface area contributed by atoms with Gasteiger partial charge < -0.3 is 20.5 Å². The predicted molar refractivity (Wildman–Crippen MR) is 229 cm³/mol. The minimum atomic E-state index is -0.687. The number of benzene rings is 4. The maximum absolute atomic E-state index is 12.0. The van der Waals surface area contributed by atoms with Crippen molar-refractivity contribution in [1.29, 1.82) is 0 Å². The summed E-state index contributed by atoms with van der Waals surface area (Å²) in [7, 11) is 0. The van der Waals surface area contributed by atoms with Crippen LogP contribution in [0.4, 0.5) is 11.9 Å². The van der Waals surface area contributed by atoms with Gasteiger partial charge in [0, 0.05) is 46.7 Å². The van der Waals surface area contributed by atoms with E-state index in [1.807, 2.05) is 92.1 Å². The van der Waals surface area contributed by atoms with E-state index in [2.05, 4.69) is 69.1 Å². The van der Waals surface area contributed by atoms with Gasteiger partial charge in [0.2, 0.25) is 11.9 Å². The molecule has 296 valence electrons. The van der Waals surface area contributed by atoms with Crippen LogP contribution in [0.25, 0.3) is 44.8 Å². The van der Waals surface area contributed by atoms with Gasteiger partial charge in [0.15, 0.2) is 0 Å². The number of aromatic nitrogens is 4. The molecule has 0 unspecified atom stereocenters. The first-order valence-corrected chi connectivity index (χ1v) is 20.3. The number of nitrogens with one attached hydrogen (secondary N) is 2. The van der Waals surface area contributed by atoms with Crippen molar-refractivity contribution < 1.29 is 19.4 Å². The summed E-state index contributed by atoms with van der Waals surface area (Å²) in [6.07, 6.45) is 10.3. The number of carboxylic acid groups (broad SMARTS) is 1. The molecule has 2 aromatic heterocycles. The lowest BCUT2D eigenvalue weighted by atomic mass is 9.86. The number of ether oxygens (including phenoxy) is 1. The second-order valence-electron chi connectivity index (χ2n) is 14.9. The van der Waals surface area contributed by atoms with Crippen molar-refractivity contribution in [2.45, 2.75) is 70.4 Å². The Balaban J connectivity index is 0.000000177. The smallest absolute Gasteiger partial charge is 0.308 e. The molecule has 2 aliphatic rings. The SMILES string of the molecule is CCOC(=O)C1CCC(Nc2ncc(-c3ccccc3)c(-c3ccccc3)n2)CC1.O=C(O)C1CCC(Nc2ncc(-c3ccccc3)c(-c3ccccc3)n2)CC1. The zero-order chi connectivity index (χ0) is 40.1. The molecule has 8 rings (SSSR count). The van der Waals surface area contributed by atoms with Crippen LogP contribution in [0.15, 0.2) is 134 Å². The molecule has 0 aliphatic heterocycles. The van der Waals surface area contributed by atoms with E-state index in [1.165, 1.54) is 0 Å². The van der Waals surface area contributed by atoms with Gasteiger partial charge in [0.1, 0.15) is 0 Å². The molecule has 2 aliphatic carbocycles. The summed E-state index contributed by atoms with van der Waals surface area (Å²) >= 11 is 0. The van der Waals surface area contributed by atoms with Crippen molar-refractivity contribution >= 4 is 23.8 Å². The quantitative estimate of drug-likeness (QED) is 0.109. The van der Waals surface area contributed by atoms with E-state index in [0.29, 0.717) is 31.3 Å². The molecule has 0 atom stereocenters.